The van der Waals surface area contributed by atoms with Gasteiger partial charge in [-0.1, -0.05) is 36.8 Å². The number of benzene rings is 1. The van der Waals surface area contributed by atoms with Crippen LogP contribution in [-0.2, 0) is 16.0 Å². The number of carbonyl (C=O) groups excluding carboxylic acids is 2. The average molecular weight is 381 g/mol. The second-order valence-corrected chi connectivity index (χ2v) is 7.78. The number of fused-ring (bicyclic) bond motifs is 1. The molecule has 132 valence electrons. The third kappa shape index (κ3) is 3.59. The first-order chi connectivity index (χ1) is 11.8. The molecule has 0 saturated carbocycles. The Labute approximate surface area is 153 Å². The number of nitrogens with zero attached hydrogens (tertiary/aromatic N) is 2. The van der Waals surface area contributed by atoms with Crippen LogP contribution in [0.4, 0.5) is 10.8 Å². The third-order valence-electron chi connectivity index (χ3n) is 3.64. The van der Waals surface area contributed by atoms with E-state index in [9.17, 15) is 9.59 Å². The molecule has 0 bridgehead atoms. The predicted octanol–water partition coefficient (Wildman–Crippen LogP) is 3.12. The van der Waals surface area contributed by atoms with Gasteiger partial charge in [-0.05, 0) is 31.0 Å². The third-order valence-corrected chi connectivity index (χ3v) is 4.74. The van der Waals surface area contributed by atoms with Crippen LogP contribution >= 0.6 is 22.9 Å². The number of halogens is 1. The van der Waals surface area contributed by atoms with Crippen molar-refractivity contribution in [1.82, 2.24) is 10.2 Å². The van der Waals surface area contributed by atoms with Crippen molar-refractivity contribution in [3.63, 3.8) is 0 Å². The van der Waals surface area contributed by atoms with Gasteiger partial charge in [0, 0.05) is 11.4 Å². The zero-order valence-corrected chi connectivity index (χ0v) is 15.5. The number of hydrogen-bond acceptors (Lipinski definition) is 6. The van der Waals surface area contributed by atoms with E-state index in [2.05, 4.69) is 34.7 Å². The number of anilines is 2. The van der Waals surface area contributed by atoms with Crippen LogP contribution in [0.2, 0.25) is 5.02 Å². The lowest BCUT2D eigenvalue weighted by Crippen LogP contribution is -2.56. The van der Waals surface area contributed by atoms with Gasteiger partial charge in [-0.2, -0.15) is 0 Å². The molecule has 9 heteroatoms. The predicted molar refractivity (Wildman–Crippen MR) is 96.2 cm³/mol. The minimum atomic E-state index is -1.72. The molecule has 25 heavy (non-hydrogen) atoms. The van der Waals surface area contributed by atoms with Crippen LogP contribution in [0.15, 0.2) is 18.2 Å². The van der Waals surface area contributed by atoms with Crippen molar-refractivity contribution < 1.29 is 14.3 Å². The lowest BCUT2D eigenvalue weighted by atomic mass is 10.0. The van der Waals surface area contributed by atoms with Crippen molar-refractivity contribution in [3.05, 3.63) is 28.2 Å². The van der Waals surface area contributed by atoms with Gasteiger partial charge in [-0.25, -0.2) is 0 Å². The summed E-state index contributed by atoms with van der Waals surface area (Å²) in [6, 6.07) is 4.79. The topological polar surface area (TPSA) is 93.2 Å². The summed E-state index contributed by atoms with van der Waals surface area (Å²) in [5.74, 6) is -0.381. The summed E-state index contributed by atoms with van der Waals surface area (Å²) in [4.78, 5) is 25.0. The first-order valence-corrected chi connectivity index (χ1v) is 8.91. The Morgan fingerprint density at radius 2 is 2.20 bits per heavy atom. The fraction of sp³-hybridized carbons (Fsp3) is 0.375. The van der Waals surface area contributed by atoms with Gasteiger partial charge in [-0.15, -0.1) is 10.2 Å². The number of rotatable bonds is 4. The summed E-state index contributed by atoms with van der Waals surface area (Å²) < 4.78 is 5.67. The second-order valence-electron chi connectivity index (χ2n) is 6.28. The van der Waals surface area contributed by atoms with Crippen molar-refractivity contribution in [2.75, 3.05) is 10.6 Å². The highest BCUT2D eigenvalue weighted by Gasteiger charge is 2.47. The van der Waals surface area contributed by atoms with Gasteiger partial charge in [0.15, 0.2) is 0 Å². The average Bonchev–Trinajstić information content (AvgIpc) is 2.95. The highest BCUT2D eigenvalue weighted by Crippen LogP contribution is 2.36. The van der Waals surface area contributed by atoms with Crippen molar-refractivity contribution in [2.24, 2.45) is 5.92 Å². The van der Waals surface area contributed by atoms with Crippen molar-refractivity contribution in [3.8, 4) is 5.75 Å². The number of ether oxygens (including phenoxy) is 1. The molecule has 3 rings (SSSR count). The minimum Gasteiger partial charge on any atom is -0.466 e. The Kier molecular flexibility index (Phi) is 4.66. The summed E-state index contributed by atoms with van der Waals surface area (Å²) >= 11 is 7.19. The van der Waals surface area contributed by atoms with E-state index in [1.54, 1.807) is 18.2 Å². The lowest BCUT2D eigenvalue weighted by Gasteiger charge is -2.32. The number of nitrogens with one attached hydrogen (secondary N) is 2. The van der Waals surface area contributed by atoms with Gasteiger partial charge in [0.2, 0.25) is 5.13 Å². The van der Waals surface area contributed by atoms with Crippen molar-refractivity contribution in [1.29, 1.82) is 0 Å². The molecule has 0 saturated heterocycles. The molecule has 0 fully saturated rings. The maximum absolute atomic E-state index is 12.6. The van der Waals surface area contributed by atoms with Gasteiger partial charge in [0.1, 0.15) is 10.8 Å². The van der Waals surface area contributed by atoms with E-state index in [-0.39, 0.29) is 0 Å². The van der Waals surface area contributed by atoms with Crippen LogP contribution in [0.25, 0.3) is 0 Å². The minimum absolute atomic E-state index is 0.333. The van der Waals surface area contributed by atoms with Gasteiger partial charge >= 0.3 is 0 Å². The monoisotopic (exact) mass is 380 g/mol. The normalized spacial score (nSPS) is 19.2. The van der Waals surface area contributed by atoms with Crippen LogP contribution in [0.1, 0.15) is 25.8 Å². The van der Waals surface area contributed by atoms with E-state index < -0.39 is 17.4 Å². The SMILES string of the molecule is CC(C)Cc1nnc(NC(=O)C2(C)Oc3ccc(Cl)cc3NC2=O)s1. The van der Waals surface area contributed by atoms with Crippen LogP contribution in [0.3, 0.4) is 0 Å². The molecule has 0 spiro atoms. The zero-order valence-electron chi connectivity index (χ0n) is 13.9. The molecule has 1 aliphatic heterocycles. The van der Waals surface area contributed by atoms with Gasteiger partial charge in [-0.3, -0.25) is 14.9 Å². The van der Waals surface area contributed by atoms with E-state index in [1.165, 1.54) is 18.3 Å². The maximum atomic E-state index is 12.6. The molecule has 1 unspecified atom stereocenters. The smallest absolute Gasteiger partial charge is 0.280 e. The molecule has 7 nitrogen and oxygen atoms in total. The molecule has 2 aromatic rings. The maximum Gasteiger partial charge on any atom is 0.280 e. The van der Waals surface area contributed by atoms with Crippen LogP contribution in [0, 0.1) is 5.92 Å². The molecule has 0 aliphatic carbocycles. The van der Waals surface area contributed by atoms with Crippen molar-refractivity contribution >= 4 is 45.6 Å². The molecule has 1 atom stereocenters. The molecule has 1 aliphatic rings. The van der Waals surface area contributed by atoms with E-state index in [0.29, 0.717) is 27.5 Å². The zero-order chi connectivity index (χ0) is 18.2. The Balaban J connectivity index is 1.78. The first kappa shape index (κ1) is 17.6. The lowest BCUT2D eigenvalue weighted by molar-refractivity contribution is -0.143. The Morgan fingerprint density at radius 1 is 1.44 bits per heavy atom. The number of hydrogen-bond donors (Lipinski definition) is 2. The molecule has 2 amide bonds. The quantitative estimate of drug-likeness (QED) is 0.795. The molecular formula is C16H17ClN4O3S. The Bertz CT molecular complexity index is 839. The Hall–Kier alpha value is -2.19. The molecule has 1 aromatic heterocycles. The van der Waals surface area contributed by atoms with Gasteiger partial charge in [0.05, 0.1) is 5.69 Å². The number of aromatic nitrogens is 2. The summed E-state index contributed by atoms with van der Waals surface area (Å²) in [5.41, 5.74) is -1.29. The van der Waals surface area contributed by atoms with Crippen LogP contribution in [0.5, 0.6) is 5.75 Å². The van der Waals surface area contributed by atoms with Gasteiger partial charge < -0.3 is 10.1 Å². The second kappa shape index (κ2) is 6.61. The molecule has 2 heterocycles. The number of amides is 2. The summed E-state index contributed by atoms with van der Waals surface area (Å²) in [6.07, 6.45) is 0.774. The fourth-order valence-electron chi connectivity index (χ4n) is 2.30. The highest BCUT2D eigenvalue weighted by molar-refractivity contribution is 7.15. The first-order valence-electron chi connectivity index (χ1n) is 7.72. The number of carbonyl (C=O) groups is 2. The van der Waals surface area contributed by atoms with Crippen LogP contribution in [-0.4, -0.2) is 27.6 Å². The Morgan fingerprint density at radius 3 is 2.92 bits per heavy atom. The molecule has 1 aromatic carbocycles. The van der Waals surface area contributed by atoms with E-state index in [0.717, 1.165) is 11.4 Å². The van der Waals surface area contributed by atoms with Crippen molar-refractivity contribution in [2.45, 2.75) is 32.8 Å². The fourth-order valence-corrected chi connectivity index (χ4v) is 3.42. The summed E-state index contributed by atoms with van der Waals surface area (Å²) in [7, 11) is 0. The molecule has 0 radical (unpaired) electrons. The van der Waals surface area contributed by atoms with Crippen LogP contribution < -0.4 is 15.4 Å². The highest BCUT2D eigenvalue weighted by atomic mass is 35.5. The summed E-state index contributed by atoms with van der Waals surface area (Å²) in [6.45, 7) is 5.56. The molecule has 2 N–H and O–H groups in total. The van der Waals surface area contributed by atoms with Gasteiger partial charge in [0.25, 0.3) is 17.4 Å². The summed E-state index contributed by atoms with van der Waals surface area (Å²) in [5, 5.41) is 14.9. The largest absolute Gasteiger partial charge is 0.466 e. The van der Waals surface area contributed by atoms with E-state index >= 15 is 0 Å². The standard InChI is InChI=1S/C16H17ClN4O3S/c1-8(2)6-12-20-21-15(25-12)19-14(23)16(3)13(22)18-10-7-9(17)4-5-11(10)24-16/h4-5,7-8H,6H2,1-3H3,(H,18,22)(H,19,21,23). The molecular weight excluding hydrogens is 364 g/mol. The van der Waals surface area contributed by atoms with E-state index in [1.807, 2.05) is 0 Å². The van der Waals surface area contributed by atoms with E-state index in [4.69, 9.17) is 16.3 Å².